The molecule has 6 nitrogen and oxygen atoms in total. The van der Waals surface area contributed by atoms with E-state index in [0.717, 1.165) is 19.5 Å². The highest BCUT2D eigenvalue weighted by atomic mass is 16.6. The monoisotopic (exact) mass is 263 g/mol. The van der Waals surface area contributed by atoms with Gasteiger partial charge in [0.2, 0.25) is 0 Å². The number of nitrogens with one attached hydrogen (secondary N) is 1. The van der Waals surface area contributed by atoms with Crippen molar-refractivity contribution in [1.29, 1.82) is 0 Å². The number of nitro groups is 1. The molecule has 102 valence electrons. The van der Waals surface area contributed by atoms with Crippen LogP contribution in [-0.4, -0.2) is 41.9 Å². The average molecular weight is 263 g/mol. The van der Waals surface area contributed by atoms with Crippen molar-refractivity contribution in [2.24, 2.45) is 0 Å². The van der Waals surface area contributed by atoms with Gasteiger partial charge in [-0.25, -0.2) is 0 Å². The molecule has 1 heterocycles. The molecule has 0 saturated carbocycles. The van der Waals surface area contributed by atoms with Gasteiger partial charge >= 0.3 is 0 Å². The van der Waals surface area contributed by atoms with Crippen LogP contribution in [0.1, 0.15) is 22.3 Å². The van der Waals surface area contributed by atoms with E-state index in [0.29, 0.717) is 11.1 Å². The number of rotatable bonds is 3. The zero-order valence-corrected chi connectivity index (χ0v) is 11.0. The summed E-state index contributed by atoms with van der Waals surface area (Å²) in [7, 11) is 1.78. The number of hydrogen-bond acceptors (Lipinski definition) is 4. The van der Waals surface area contributed by atoms with E-state index in [-0.39, 0.29) is 17.6 Å². The highest BCUT2D eigenvalue weighted by Crippen LogP contribution is 2.19. The molecular weight excluding hydrogens is 246 g/mol. The van der Waals surface area contributed by atoms with Crippen molar-refractivity contribution in [3.05, 3.63) is 39.4 Å². The number of nitrogens with zero attached hydrogens (tertiary/aromatic N) is 2. The number of hydrogen-bond donors (Lipinski definition) is 1. The van der Waals surface area contributed by atoms with Crippen LogP contribution >= 0.6 is 0 Å². The summed E-state index contributed by atoms with van der Waals surface area (Å²) in [6.07, 6.45) is 0.939. The second-order valence-electron chi connectivity index (χ2n) is 4.82. The number of carbonyl (C=O) groups excluding carboxylic acids is 1. The Balaban J connectivity index is 2.21. The van der Waals surface area contributed by atoms with E-state index in [4.69, 9.17) is 0 Å². The Hall–Kier alpha value is -1.95. The van der Waals surface area contributed by atoms with E-state index < -0.39 is 4.92 Å². The van der Waals surface area contributed by atoms with Gasteiger partial charge < -0.3 is 10.2 Å². The lowest BCUT2D eigenvalue weighted by Crippen LogP contribution is -2.38. The highest BCUT2D eigenvalue weighted by Gasteiger charge is 2.25. The van der Waals surface area contributed by atoms with E-state index in [2.05, 4.69) is 5.32 Å². The van der Waals surface area contributed by atoms with E-state index in [1.165, 1.54) is 18.2 Å². The Morgan fingerprint density at radius 2 is 2.26 bits per heavy atom. The summed E-state index contributed by atoms with van der Waals surface area (Å²) in [5.41, 5.74) is 1.18. The maximum absolute atomic E-state index is 12.4. The average Bonchev–Trinajstić information content (AvgIpc) is 2.90. The molecule has 1 amide bonds. The van der Waals surface area contributed by atoms with Gasteiger partial charge in [-0.3, -0.25) is 14.9 Å². The fourth-order valence-corrected chi connectivity index (χ4v) is 2.33. The minimum absolute atomic E-state index is 0.0132. The number of benzene rings is 1. The predicted octanol–water partition coefficient (Wildman–Crippen LogP) is 1.34. The van der Waals surface area contributed by atoms with E-state index in [1.807, 2.05) is 0 Å². The molecule has 1 fully saturated rings. The minimum Gasteiger partial charge on any atom is -0.337 e. The van der Waals surface area contributed by atoms with E-state index in [1.54, 1.807) is 18.9 Å². The predicted molar refractivity (Wildman–Crippen MR) is 71.2 cm³/mol. The van der Waals surface area contributed by atoms with Gasteiger partial charge in [-0.05, 0) is 31.5 Å². The Morgan fingerprint density at radius 3 is 2.79 bits per heavy atom. The molecule has 0 spiro atoms. The smallest absolute Gasteiger partial charge is 0.269 e. The zero-order chi connectivity index (χ0) is 14.0. The summed E-state index contributed by atoms with van der Waals surface area (Å²) in [4.78, 5) is 24.3. The number of likely N-dealkylation sites (N-methyl/N-ethyl adjacent to an activating group) is 1. The van der Waals surface area contributed by atoms with Gasteiger partial charge in [0.1, 0.15) is 0 Å². The largest absolute Gasteiger partial charge is 0.337 e. The maximum Gasteiger partial charge on any atom is 0.269 e. The topological polar surface area (TPSA) is 75.5 Å². The first-order valence-corrected chi connectivity index (χ1v) is 6.23. The van der Waals surface area contributed by atoms with Crippen LogP contribution in [0.4, 0.5) is 5.69 Å². The SMILES string of the molecule is Cc1cc([N+](=O)[O-])ccc1C(=O)N(C)C1CCNC1. The minimum atomic E-state index is -0.453. The molecule has 2 rings (SSSR count). The molecule has 0 aliphatic carbocycles. The summed E-state index contributed by atoms with van der Waals surface area (Å²) in [5, 5.41) is 13.9. The van der Waals surface area contributed by atoms with Crippen LogP contribution in [0.5, 0.6) is 0 Å². The molecule has 6 heteroatoms. The molecule has 1 unspecified atom stereocenters. The van der Waals surface area contributed by atoms with Crippen molar-refractivity contribution in [3.63, 3.8) is 0 Å². The summed E-state index contributed by atoms with van der Waals surface area (Å²) in [6.45, 7) is 3.44. The number of nitro benzene ring substituents is 1. The molecule has 0 aromatic heterocycles. The van der Waals surface area contributed by atoms with Crippen LogP contribution in [0.2, 0.25) is 0 Å². The Morgan fingerprint density at radius 1 is 1.53 bits per heavy atom. The maximum atomic E-state index is 12.4. The first-order chi connectivity index (χ1) is 9.00. The Kier molecular flexibility index (Phi) is 3.80. The van der Waals surface area contributed by atoms with E-state index >= 15 is 0 Å². The van der Waals surface area contributed by atoms with Crippen LogP contribution in [0.3, 0.4) is 0 Å². The second-order valence-corrected chi connectivity index (χ2v) is 4.82. The molecule has 1 aliphatic rings. The van der Waals surface area contributed by atoms with Crippen LogP contribution < -0.4 is 5.32 Å². The lowest BCUT2D eigenvalue weighted by Gasteiger charge is -2.24. The highest BCUT2D eigenvalue weighted by molar-refractivity contribution is 5.96. The van der Waals surface area contributed by atoms with Gasteiger partial charge in [-0.1, -0.05) is 0 Å². The summed E-state index contributed by atoms with van der Waals surface area (Å²) < 4.78 is 0. The molecular formula is C13H17N3O3. The van der Waals surface area contributed by atoms with Gasteiger partial charge in [0.25, 0.3) is 11.6 Å². The molecule has 0 radical (unpaired) electrons. The van der Waals surface area contributed by atoms with Crippen LogP contribution in [0, 0.1) is 17.0 Å². The quantitative estimate of drug-likeness (QED) is 0.659. The molecule has 1 atom stereocenters. The second kappa shape index (κ2) is 5.36. The van der Waals surface area contributed by atoms with Gasteiger partial charge in [-0.2, -0.15) is 0 Å². The van der Waals surface area contributed by atoms with Crippen molar-refractivity contribution in [2.45, 2.75) is 19.4 Å². The fraction of sp³-hybridized carbons (Fsp3) is 0.462. The summed E-state index contributed by atoms with van der Waals surface area (Å²) in [6, 6.07) is 4.55. The zero-order valence-electron chi connectivity index (χ0n) is 11.0. The normalized spacial score (nSPS) is 18.3. The van der Waals surface area contributed by atoms with Crippen molar-refractivity contribution in [3.8, 4) is 0 Å². The molecule has 1 N–H and O–H groups in total. The molecule has 1 aromatic carbocycles. The van der Waals surface area contributed by atoms with Crippen LogP contribution in [0.25, 0.3) is 0 Å². The van der Waals surface area contributed by atoms with Gasteiger partial charge in [-0.15, -0.1) is 0 Å². The van der Waals surface area contributed by atoms with Gasteiger partial charge in [0, 0.05) is 37.3 Å². The Bertz CT molecular complexity index is 510. The van der Waals surface area contributed by atoms with Crippen LogP contribution in [-0.2, 0) is 0 Å². The lowest BCUT2D eigenvalue weighted by molar-refractivity contribution is -0.384. The molecule has 19 heavy (non-hydrogen) atoms. The van der Waals surface area contributed by atoms with Crippen molar-refractivity contribution in [2.75, 3.05) is 20.1 Å². The number of non-ortho nitro benzene ring substituents is 1. The number of amides is 1. The third-order valence-electron chi connectivity index (χ3n) is 3.55. The Labute approximate surface area is 111 Å². The third-order valence-corrected chi connectivity index (χ3v) is 3.55. The summed E-state index contributed by atoms with van der Waals surface area (Å²) >= 11 is 0. The van der Waals surface area contributed by atoms with Crippen molar-refractivity contribution < 1.29 is 9.72 Å². The fourth-order valence-electron chi connectivity index (χ4n) is 2.33. The van der Waals surface area contributed by atoms with Gasteiger partial charge in [0.05, 0.1) is 4.92 Å². The lowest BCUT2D eigenvalue weighted by atomic mass is 10.1. The molecule has 1 saturated heterocycles. The number of aryl methyl sites for hydroxylation is 1. The molecule has 1 aliphatic heterocycles. The van der Waals surface area contributed by atoms with Crippen molar-refractivity contribution in [1.82, 2.24) is 10.2 Å². The number of carbonyl (C=O) groups is 1. The van der Waals surface area contributed by atoms with Gasteiger partial charge in [0.15, 0.2) is 0 Å². The molecule has 1 aromatic rings. The van der Waals surface area contributed by atoms with Crippen molar-refractivity contribution >= 4 is 11.6 Å². The van der Waals surface area contributed by atoms with Crippen LogP contribution in [0.15, 0.2) is 18.2 Å². The first kappa shape index (κ1) is 13.5. The standard InChI is InChI=1S/C13H17N3O3/c1-9-7-10(16(18)19)3-4-12(9)13(17)15(2)11-5-6-14-8-11/h3-4,7,11,14H,5-6,8H2,1-2H3. The first-order valence-electron chi connectivity index (χ1n) is 6.23. The molecule has 0 bridgehead atoms. The third kappa shape index (κ3) is 2.73. The summed E-state index contributed by atoms with van der Waals surface area (Å²) in [5.74, 6) is -0.0823. The van der Waals surface area contributed by atoms with E-state index in [9.17, 15) is 14.9 Å².